The Morgan fingerprint density at radius 3 is 2.52 bits per heavy atom. The fourth-order valence-electron chi connectivity index (χ4n) is 4.35. The van der Waals surface area contributed by atoms with Crippen LogP contribution in [0.3, 0.4) is 0 Å². The highest BCUT2D eigenvalue weighted by molar-refractivity contribution is 5.95. The molecule has 0 radical (unpaired) electrons. The van der Waals surface area contributed by atoms with Crippen molar-refractivity contribution in [1.82, 2.24) is 15.1 Å². The number of aromatic nitrogens is 2. The number of carbonyl (C=O) groups excluding carboxylic acids is 1. The van der Waals surface area contributed by atoms with Crippen LogP contribution in [0.25, 0.3) is 5.69 Å². The summed E-state index contributed by atoms with van der Waals surface area (Å²) in [4.78, 5) is 13.0. The van der Waals surface area contributed by atoms with Gasteiger partial charge in [0, 0.05) is 23.1 Å². The third kappa shape index (κ3) is 3.05. The molecule has 1 N–H and O–H groups in total. The molecule has 1 amide bonds. The van der Waals surface area contributed by atoms with Gasteiger partial charge in [-0.1, -0.05) is 6.92 Å². The van der Waals surface area contributed by atoms with Crippen LogP contribution in [0.1, 0.15) is 86.5 Å². The fourth-order valence-corrected chi connectivity index (χ4v) is 4.35. The molecular weight excluding hydrogens is 348 g/mol. The summed E-state index contributed by atoms with van der Waals surface area (Å²) in [6.45, 7) is 5.96. The number of hydrogen-bond acceptors (Lipinski definition) is 2. The van der Waals surface area contributed by atoms with Crippen LogP contribution in [0, 0.1) is 11.6 Å². The van der Waals surface area contributed by atoms with Crippen molar-refractivity contribution in [2.75, 3.05) is 0 Å². The molecule has 1 saturated carbocycles. The Morgan fingerprint density at radius 2 is 1.89 bits per heavy atom. The van der Waals surface area contributed by atoms with Gasteiger partial charge in [-0.05, 0) is 64.0 Å². The largest absolute Gasteiger partial charge is 0.346 e. The lowest BCUT2D eigenvalue weighted by Gasteiger charge is -2.36. The Kier molecular flexibility index (Phi) is 4.32. The van der Waals surface area contributed by atoms with E-state index < -0.39 is 11.6 Å². The summed E-state index contributed by atoms with van der Waals surface area (Å²) in [5.41, 5.74) is 2.15. The summed E-state index contributed by atoms with van der Waals surface area (Å²) < 4.78 is 29.4. The van der Waals surface area contributed by atoms with Crippen LogP contribution in [0.15, 0.2) is 18.2 Å². The second-order valence-corrected chi connectivity index (χ2v) is 8.40. The van der Waals surface area contributed by atoms with E-state index >= 15 is 0 Å². The average molecular weight is 373 g/mol. The van der Waals surface area contributed by atoms with E-state index in [9.17, 15) is 13.6 Å². The zero-order chi connectivity index (χ0) is 19.3. The van der Waals surface area contributed by atoms with Gasteiger partial charge in [-0.25, -0.2) is 13.5 Å². The van der Waals surface area contributed by atoms with Crippen LogP contribution in [0.5, 0.6) is 0 Å². The number of hydrogen-bond donors (Lipinski definition) is 1. The summed E-state index contributed by atoms with van der Waals surface area (Å²) in [6.07, 6.45) is 4.90. The first kappa shape index (κ1) is 18.1. The van der Waals surface area contributed by atoms with Gasteiger partial charge in [0.05, 0.1) is 5.69 Å². The van der Waals surface area contributed by atoms with Gasteiger partial charge in [0.15, 0.2) is 11.5 Å². The van der Waals surface area contributed by atoms with Crippen LogP contribution in [-0.4, -0.2) is 21.2 Å². The quantitative estimate of drug-likeness (QED) is 0.835. The standard InChI is InChI=1S/C21H25F2N3O/c1-4-21(2,3)24-20(27)18-17-12-5-7-13(8-6-12)19(17)26(25-18)16-10-9-14(22)11-15(16)23/h9-13H,4-8H2,1-3H3,(H,24,27). The topological polar surface area (TPSA) is 46.9 Å². The molecule has 0 unspecified atom stereocenters. The smallest absolute Gasteiger partial charge is 0.272 e. The molecule has 5 rings (SSSR count). The van der Waals surface area contributed by atoms with Gasteiger partial charge in [0.1, 0.15) is 11.5 Å². The van der Waals surface area contributed by atoms with Crippen molar-refractivity contribution in [3.8, 4) is 5.69 Å². The predicted molar refractivity (Wildman–Crippen MR) is 99.3 cm³/mol. The lowest BCUT2D eigenvalue weighted by atomic mass is 9.69. The zero-order valence-electron chi connectivity index (χ0n) is 16.0. The van der Waals surface area contributed by atoms with Gasteiger partial charge in [-0.3, -0.25) is 4.79 Å². The minimum absolute atomic E-state index is 0.203. The van der Waals surface area contributed by atoms with Gasteiger partial charge < -0.3 is 5.32 Å². The summed E-state index contributed by atoms with van der Waals surface area (Å²) in [7, 11) is 0. The highest BCUT2D eigenvalue weighted by Crippen LogP contribution is 2.51. The number of halogens is 2. The average Bonchev–Trinajstić information content (AvgIpc) is 3.05. The molecule has 1 aromatic carbocycles. The van der Waals surface area contributed by atoms with E-state index in [1.54, 1.807) is 4.68 Å². The third-order valence-corrected chi connectivity index (χ3v) is 6.17. The van der Waals surface area contributed by atoms with Crippen LogP contribution >= 0.6 is 0 Å². The number of fused-ring (bicyclic) bond motifs is 2. The predicted octanol–water partition coefficient (Wildman–Crippen LogP) is 4.82. The molecule has 0 aliphatic heterocycles. The fraction of sp³-hybridized carbons (Fsp3) is 0.524. The van der Waals surface area contributed by atoms with Crippen molar-refractivity contribution < 1.29 is 13.6 Å². The van der Waals surface area contributed by atoms with E-state index in [4.69, 9.17) is 0 Å². The lowest BCUT2D eigenvalue weighted by molar-refractivity contribution is 0.0903. The highest BCUT2D eigenvalue weighted by Gasteiger charge is 2.41. The van der Waals surface area contributed by atoms with E-state index in [0.29, 0.717) is 5.69 Å². The molecule has 0 spiro atoms. The molecular formula is C21H25F2N3O. The Hall–Kier alpha value is -2.24. The van der Waals surface area contributed by atoms with Gasteiger partial charge in [-0.2, -0.15) is 5.10 Å². The van der Waals surface area contributed by atoms with Crippen molar-refractivity contribution in [3.63, 3.8) is 0 Å². The van der Waals surface area contributed by atoms with E-state index in [2.05, 4.69) is 10.4 Å². The molecule has 1 aromatic heterocycles. The van der Waals surface area contributed by atoms with Gasteiger partial charge in [-0.15, -0.1) is 0 Å². The highest BCUT2D eigenvalue weighted by atomic mass is 19.1. The van der Waals surface area contributed by atoms with E-state index in [1.807, 2.05) is 20.8 Å². The first-order chi connectivity index (χ1) is 12.8. The van der Waals surface area contributed by atoms with E-state index in [0.717, 1.165) is 49.4 Å². The van der Waals surface area contributed by atoms with Crippen LogP contribution in [0.4, 0.5) is 8.78 Å². The number of rotatable bonds is 4. The van der Waals surface area contributed by atoms with E-state index in [-0.39, 0.29) is 29.0 Å². The molecule has 2 aromatic rings. The maximum atomic E-state index is 14.5. The number of nitrogens with one attached hydrogen (secondary N) is 1. The molecule has 4 nitrogen and oxygen atoms in total. The number of benzene rings is 1. The van der Waals surface area contributed by atoms with Crippen LogP contribution in [-0.2, 0) is 0 Å². The Morgan fingerprint density at radius 1 is 1.22 bits per heavy atom. The van der Waals surface area contributed by atoms with Gasteiger partial charge in [0.25, 0.3) is 5.91 Å². The normalized spacial score (nSPS) is 21.2. The molecule has 1 heterocycles. The second-order valence-electron chi connectivity index (χ2n) is 8.40. The van der Waals surface area contributed by atoms with Crippen molar-refractivity contribution in [2.24, 2.45) is 0 Å². The SMILES string of the molecule is CCC(C)(C)NC(=O)c1nn(-c2ccc(F)cc2F)c2c1C1CCC2CC1. The Balaban J connectivity index is 1.85. The van der Waals surface area contributed by atoms with Crippen molar-refractivity contribution in [1.29, 1.82) is 0 Å². The molecule has 3 aliphatic rings. The molecule has 0 saturated heterocycles. The number of amides is 1. The number of carbonyl (C=O) groups is 1. The summed E-state index contributed by atoms with van der Waals surface area (Å²) in [5, 5.41) is 7.61. The first-order valence-electron chi connectivity index (χ1n) is 9.71. The lowest BCUT2D eigenvalue weighted by Crippen LogP contribution is -2.43. The summed E-state index contributed by atoms with van der Waals surface area (Å²) in [6, 6.07) is 3.50. The van der Waals surface area contributed by atoms with Crippen LogP contribution in [0.2, 0.25) is 0 Å². The summed E-state index contributed by atoms with van der Waals surface area (Å²) >= 11 is 0. The van der Waals surface area contributed by atoms with E-state index in [1.165, 1.54) is 12.1 Å². The van der Waals surface area contributed by atoms with Crippen LogP contribution < -0.4 is 5.32 Å². The molecule has 6 heteroatoms. The molecule has 1 fully saturated rings. The number of nitrogens with zero attached hydrogens (tertiary/aromatic N) is 2. The first-order valence-corrected chi connectivity index (χ1v) is 9.71. The maximum absolute atomic E-state index is 14.5. The second kappa shape index (κ2) is 6.43. The molecule has 144 valence electrons. The molecule has 0 atom stereocenters. The molecule has 2 bridgehead atoms. The summed E-state index contributed by atoms with van der Waals surface area (Å²) in [5.74, 6) is -0.952. The van der Waals surface area contributed by atoms with Crippen molar-refractivity contribution in [3.05, 3.63) is 46.8 Å². The monoisotopic (exact) mass is 373 g/mol. The maximum Gasteiger partial charge on any atom is 0.272 e. The molecule has 27 heavy (non-hydrogen) atoms. The zero-order valence-corrected chi connectivity index (χ0v) is 16.0. The third-order valence-electron chi connectivity index (χ3n) is 6.17. The minimum Gasteiger partial charge on any atom is -0.346 e. The van der Waals surface area contributed by atoms with Crippen molar-refractivity contribution >= 4 is 5.91 Å². The Bertz CT molecular complexity index is 895. The Labute approximate surface area is 158 Å². The minimum atomic E-state index is -0.664. The van der Waals surface area contributed by atoms with Gasteiger partial charge >= 0.3 is 0 Å². The molecule has 3 aliphatic carbocycles. The van der Waals surface area contributed by atoms with Gasteiger partial charge in [0.2, 0.25) is 0 Å². The van der Waals surface area contributed by atoms with Crippen molar-refractivity contribution in [2.45, 2.75) is 70.3 Å².